The molecule has 0 aliphatic rings. The molecular formula is C23H22N2O4. The van der Waals surface area contributed by atoms with Crippen LogP contribution in [0.15, 0.2) is 48.5 Å². The van der Waals surface area contributed by atoms with Crippen molar-refractivity contribution in [3.63, 3.8) is 0 Å². The third-order valence-corrected chi connectivity index (χ3v) is 4.65. The number of ether oxygens (including phenoxy) is 1. The Morgan fingerprint density at radius 1 is 1.07 bits per heavy atom. The number of benzene rings is 2. The number of nitrogens with one attached hydrogen (secondary N) is 1. The molecule has 0 saturated heterocycles. The lowest BCUT2D eigenvalue weighted by Crippen LogP contribution is -2.22. The Morgan fingerprint density at radius 3 is 2.55 bits per heavy atom. The first-order valence-corrected chi connectivity index (χ1v) is 9.37. The summed E-state index contributed by atoms with van der Waals surface area (Å²) in [5, 5.41) is 3.51. The lowest BCUT2D eigenvalue weighted by Gasteiger charge is -2.13. The van der Waals surface area contributed by atoms with Crippen molar-refractivity contribution in [1.82, 2.24) is 4.98 Å². The maximum absolute atomic E-state index is 12.7. The van der Waals surface area contributed by atoms with Crippen LogP contribution >= 0.6 is 0 Å². The van der Waals surface area contributed by atoms with Crippen LogP contribution in [-0.2, 0) is 16.0 Å². The predicted molar refractivity (Wildman–Crippen MR) is 111 cm³/mol. The van der Waals surface area contributed by atoms with E-state index in [1.165, 1.54) is 6.92 Å². The lowest BCUT2D eigenvalue weighted by atomic mass is 10.0. The maximum atomic E-state index is 12.7. The molecule has 0 atom stereocenters. The Hall–Kier alpha value is -3.54. The van der Waals surface area contributed by atoms with Gasteiger partial charge in [-0.1, -0.05) is 37.3 Å². The van der Waals surface area contributed by atoms with Gasteiger partial charge in [-0.05, 0) is 44.0 Å². The SMILES string of the molecule is CCc1nc2ccccc2c(C)c1C(=O)OCC(=O)Nc1cccc(C(C)=O)c1. The molecule has 0 bridgehead atoms. The van der Waals surface area contributed by atoms with Gasteiger partial charge >= 0.3 is 5.97 Å². The first kappa shape index (κ1) is 20.2. The zero-order chi connectivity index (χ0) is 21.0. The van der Waals surface area contributed by atoms with E-state index in [0.29, 0.717) is 28.9 Å². The molecule has 1 aromatic heterocycles. The molecule has 3 rings (SSSR count). The smallest absolute Gasteiger partial charge is 0.340 e. The van der Waals surface area contributed by atoms with E-state index < -0.39 is 18.5 Å². The van der Waals surface area contributed by atoms with Gasteiger partial charge in [-0.15, -0.1) is 0 Å². The van der Waals surface area contributed by atoms with E-state index >= 15 is 0 Å². The Labute approximate surface area is 168 Å². The average Bonchev–Trinajstić information content (AvgIpc) is 2.72. The summed E-state index contributed by atoms with van der Waals surface area (Å²) in [4.78, 5) is 40.9. The number of rotatable bonds is 6. The second-order valence-electron chi connectivity index (χ2n) is 6.69. The van der Waals surface area contributed by atoms with Crippen LogP contribution in [0.25, 0.3) is 10.9 Å². The van der Waals surface area contributed by atoms with Gasteiger partial charge in [0.15, 0.2) is 12.4 Å². The molecule has 1 heterocycles. The monoisotopic (exact) mass is 390 g/mol. The Kier molecular flexibility index (Phi) is 6.02. The summed E-state index contributed by atoms with van der Waals surface area (Å²) in [5.74, 6) is -1.16. The van der Waals surface area contributed by atoms with Crippen LogP contribution in [0.4, 0.5) is 5.69 Å². The van der Waals surface area contributed by atoms with Crippen molar-refractivity contribution in [3.05, 3.63) is 70.9 Å². The van der Waals surface area contributed by atoms with E-state index in [1.807, 2.05) is 38.1 Å². The second-order valence-corrected chi connectivity index (χ2v) is 6.69. The molecule has 1 N–H and O–H groups in total. The highest BCUT2D eigenvalue weighted by molar-refractivity contribution is 6.01. The van der Waals surface area contributed by atoms with Crippen molar-refractivity contribution in [2.75, 3.05) is 11.9 Å². The fourth-order valence-corrected chi connectivity index (χ4v) is 3.18. The van der Waals surface area contributed by atoms with Crippen LogP contribution in [0.5, 0.6) is 0 Å². The van der Waals surface area contributed by atoms with Gasteiger partial charge in [-0.25, -0.2) is 4.79 Å². The highest BCUT2D eigenvalue weighted by Gasteiger charge is 2.20. The molecule has 0 radical (unpaired) electrons. The topological polar surface area (TPSA) is 85.4 Å². The van der Waals surface area contributed by atoms with E-state index in [0.717, 1.165) is 16.5 Å². The number of amides is 1. The molecule has 148 valence electrons. The standard InChI is InChI=1S/C23H22N2O4/c1-4-19-22(14(2)18-10-5-6-11-20(18)25-19)23(28)29-13-21(27)24-17-9-7-8-16(12-17)15(3)26/h5-12H,4,13H2,1-3H3,(H,24,27). The summed E-state index contributed by atoms with van der Waals surface area (Å²) in [7, 11) is 0. The van der Waals surface area contributed by atoms with E-state index in [-0.39, 0.29) is 5.78 Å². The minimum atomic E-state index is -0.578. The number of ketones is 1. The molecule has 6 nitrogen and oxygen atoms in total. The number of Topliss-reactive ketones (excluding diaryl/α,β-unsaturated/α-hetero) is 1. The van der Waals surface area contributed by atoms with Gasteiger partial charge in [0, 0.05) is 16.6 Å². The van der Waals surface area contributed by atoms with Crippen molar-refractivity contribution >= 4 is 34.3 Å². The average molecular weight is 390 g/mol. The van der Waals surface area contributed by atoms with Crippen LogP contribution in [0.1, 0.15) is 45.8 Å². The third-order valence-electron chi connectivity index (χ3n) is 4.65. The van der Waals surface area contributed by atoms with Crippen LogP contribution < -0.4 is 5.32 Å². The van der Waals surface area contributed by atoms with Crippen molar-refractivity contribution < 1.29 is 19.1 Å². The number of fused-ring (bicyclic) bond motifs is 1. The number of carbonyl (C=O) groups excluding carboxylic acids is 3. The zero-order valence-electron chi connectivity index (χ0n) is 16.6. The summed E-state index contributed by atoms with van der Waals surface area (Å²) in [5.41, 5.74) is 3.61. The number of esters is 1. The number of hydrogen-bond donors (Lipinski definition) is 1. The lowest BCUT2D eigenvalue weighted by molar-refractivity contribution is -0.119. The highest BCUT2D eigenvalue weighted by atomic mass is 16.5. The van der Waals surface area contributed by atoms with Gasteiger partial charge in [0.05, 0.1) is 16.8 Å². The van der Waals surface area contributed by atoms with Crippen molar-refractivity contribution in [1.29, 1.82) is 0 Å². The van der Waals surface area contributed by atoms with Crippen molar-refractivity contribution in [3.8, 4) is 0 Å². The number of nitrogens with zero attached hydrogens (tertiary/aromatic N) is 1. The van der Waals surface area contributed by atoms with Crippen LogP contribution in [0.3, 0.4) is 0 Å². The van der Waals surface area contributed by atoms with E-state index in [1.54, 1.807) is 24.3 Å². The van der Waals surface area contributed by atoms with Crippen LogP contribution in [-0.4, -0.2) is 29.3 Å². The summed E-state index contributed by atoms with van der Waals surface area (Å²) >= 11 is 0. The van der Waals surface area contributed by atoms with Gasteiger partial charge in [0.1, 0.15) is 0 Å². The molecule has 0 fully saturated rings. The van der Waals surface area contributed by atoms with Crippen molar-refractivity contribution in [2.45, 2.75) is 27.2 Å². The van der Waals surface area contributed by atoms with Gasteiger partial charge in [-0.2, -0.15) is 0 Å². The minimum Gasteiger partial charge on any atom is -0.452 e. The third kappa shape index (κ3) is 4.48. The molecule has 0 aliphatic carbocycles. The summed E-state index contributed by atoms with van der Waals surface area (Å²) in [6.45, 7) is 4.79. The largest absolute Gasteiger partial charge is 0.452 e. The number of pyridine rings is 1. The fourth-order valence-electron chi connectivity index (χ4n) is 3.18. The van der Waals surface area contributed by atoms with Gasteiger partial charge in [0.2, 0.25) is 0 Å². The molecule has 0 saturated carbocycles. The second kappa shape index (κ2) is 8.65. The van der Waals surface area contributed by atoms with Crippen LogP contribution in [0.2, 0.25) is 0 Å². The first-order valence-electron chi connectivity index (χ1n) is 9.37. The van der Waals surface area contributed by atoms with E-state index in [2.05, 4.69) is 10.3 Å². The minimum absolute atomic E-state index is 0.0982. The number of aromatic nitrogens is 1. The Balaban J connectivity index is 1.74. The molecule has 29 heavy (non-hydrogen) atoms. The molecule has 1 amide bonds. The van der Waals surface area contributed by atoms with Gasteiger partial charge in [0.25, 0.3) is 5.91 Å². The molecule has 2 aromatic carbocycles. The van der Waals surface area contributed by atoms with Gasteiger partial charge < -0.3 is 10.1 Å². The number of para-hydroxylation sites is 1. The predicted octanol–water partition coefficient (Wildman–Crippen LogP) is 4.10. The molecular weight excluding hydrogens is 368 g/mol. The van der Waals surface area contributed by atoms with Crippen molar-refractivity contribution in [2.24, 2.45) is 0 Å². The normalized spacial score (nSPS) is 10.6. The first-order chi connectivity index (χ1) is 13.9. The Morgan fingerprint density at radius 2 is 1.83 bits per heavy atom. The molecule has 6 heteroatoms. The summed E-state index contributed by atoms with van der Waals surface area (Å²) < 4.78 is 5.25. The molecule has 0 spiro atoms. The molecule has 0 aliphatic heterocycles. The van der Waals surface area contributed by atoms with E-state index in [9.17, 15) is 14.4 Å². The number of aryl methyl sites for hydroxylation is 2. The van der Waals surface area contributed by atoms with Gasteiger partial charge in [-0.3, -0.25) is 14.6 Å². The quantitative estimate of drug-likeness (QED) is 0.506. The maximum Gasteiger partial charge on any atom is 0.340 e. The molecule has 3 aromatic rings. The number of hydrogen-bond acceptors (Lipinski definition) is 5. The number of carbonyl (C=O) groups is 3. The summed E-state index contributed by atoms with van der Waals surface area (Å²) in [6.07, 6.45) is 0.570. The summed E-state index contributed by atoms with van der Waals surface area (Å²) in [6, 6.07) is 14.2. The highest BCUT2D eigenvalue weighted by Crippen LogP contribution is 2.24. The zero-order valence-corrected chi connectivity index (χ0v) is 16.6. The number of anilines is 1. The molecule has 0 unspecified atom stereocenters. The van der Waals surface area contributed by atoms with E-state index in [4.69, 9.17) is 4.74 Å². The van der Waals surface area contributed by atoms with Crippen LogP contribution in [0, 0.1) is 6.92 Å². The fraction of sp³-hybridized carbons (Fsp3) is 0.217. The Bertz CT molecular complexity index is 1110.